The van der Waals surface area contributed by atoms with E-state index in [2.05, 4.69) is 10.3 Å². The number of ether oxygens (including phenoxy) is 1. The molecule has 3 rings (SSSR count). The Morgan fingerprint density at radius 3 is 3.31 bits per heavy atom. The molecule has 3 heterocycles. The number of piperidine rings is 1. The maximum absolute atomic E-state index is 5.39. The van der Waals surface area contributed by atoms with Crippen LogP contribution >= 0.6 is 0 Å². The Hall–Kier alpha value is -1.00. The van der Waals surface area contributed by atoms with E-state index in [0.717, 1.165) is 31.9 Å². The van der Waals surface area contributed by atoms with Gasteiger partial charge < -0.3 is 10.1 Å². The lowest BCUT2D eigenvalue weighted by Gasteiger charge is -2.23. The monoisotopic (exact) mass is 219 g/mol. The number of aromatic nitrogens is 2. The van der Waals surface area contributed by atoms with E-state index in [9.17, 15) is 0 Å². The van der Waals surface area contributed by atoms with Crippen LogP contribution in [0.3, 0.4) is 0 Å². The predicted molar refractivity (Wildman–Crippen MR) is 60.2 cm³/mol. The van der Waals surface area contributed by atoms with Crippen molar-refractivity contribution in [2.75, 3.05) is 19.7 Å². The second-order valence-electron chi connectivity index (χ2n) is 4.55. The largest absolute Gasteiger partial charge is 0.376 e. The molecule has 86 valence electrons. The highest BCUT2D eigenvalue weighted by molar-refractivity contribution is 5.20. The van der Waals surface area contributed by atoms with Crippen LogP contribution in [0.1, 0.15) is 35.8 Å². The minimum atomic E-state index is 0.502. The molecule has 0 aromatic carbocycles. The first-order valence-electron chi connectivity index (χ1n) is 6.06. The molecule has 1 N–H and O–H groups in total. The van der Waals surface area contributed by atoms with E-state index >= 15 is 0 Å². The fraction of sp³-hybridized carbons (Fsp3) is 0.667. The average molecular weight is 219 g/mol. The summed E-state index contributed by atoms with van der Waals surface area (Å²) in [6.07, 6.45) is 5.33. The van der Waals surface area contributed by atoms with Crippen LogP contribution in [0.2, 0.25) is 0 Å². The Morgan fingerprint density at radius 2 is 2.44 bits per heavy atom. The van der Waals surface area contributed by atoms with Crippen molar-refractivity contribution in [1.29, 1.82) is 0 Å². The Kier molecular flexibility index (Phi) is 2.84. The van der Waals surface area contributed by atoms with E-state index in [0.29, 0.717) is 12.5 Å². The third-order valence-electron chi connectivity index (χ3n) is 3.38. The lowest BCUT2D eigenvalue weighted by atomic mass is 9.98. The van der Waals surface area contributed by atoms with Gasteiger partial charge in [-0.25, -0.2) is 9.97 Å². The molecule has 0 saturated carbocycles. The summed E-state index contributed by atoms with van der Waals surface area (Å²) >= 11 is 0. The third kappa shape index (κ3) is 1.95. The highest BCUT2D eigenvalue weighted by atomic mass is 16.5. The predicted octanol–water partition coefficient (Wildman–Crippen LogP) is 1.02. The number of rotatable bonds is 1. The zero-order valence-electron chi connectivity index (χ0n) is 9.41. The van der Waals surface area contributed by atoms with Gasteiger partial charge in [0.15, 0.2) is 0 Å². The lowest BCUT2D eigenvalue weighted by Crippen LogP contribution is -2.30. The van der Waals surface area contributed by atoms with Crippen molar-refractivity contribution in [1.82, 2.24) is 15.3 Å². The Bertz CT molecular complexity index is 375. The number of fused-ring (bicyclic) bond motifs is 1. The van der Waals surface area contributed by atoms with Crippen LogP contribution in [0.15, 0.2) is 6.20 Å². The molecule has 0 aliphatic carbocycles. The SMILES string of the molecule is c1nc(C2CCCNC2)nc2c1COCC2. The molecule has 1 aromatic heterocycles. The first kappa shape index (κ1) is 10.2. The smallest absolute Gasteiger partial charge is 0.132 e. The van der Waals surface area contributed by atoms with Crippen LogP contribution in [0.25, 0.3) is 0 Å². The highest BCUT2D eigenvalue weighted by Gasteiger charge is 2.20. The summed E-state index contributed by atoms with van der Waals surface area (Å²) in [7, 11) is 0. The molecule has 1 unspecified atom stereocenters. The van der Waals surface area contributed by atoms with Crippen molar-refractivity contribution in [2.45, 2.75) is 31.8 Å². The van der Waals surface area contributed by atoms with E-state index in [4.69, 9.17) is 9.72 Å². The van der Waals surface area contributed by atoms with Gasteiger partial charge in [0.2, 0.25) is 0 Å². The van der Waals surface area contributed by atoms with E-state index < -0.39 is 0 Å². The van der Waals surface area contributed by atoms with Crippen LogP contribution in [-0.4, -0.2) is 29.7 Å². The Balaban J connectivity index is 1.84. The van der Waals surface area contributed by atoms with Crippen molar-refractivity contribution in [3.05, 3.63) is 23.3 Å². The molecule has 0 radical (unpaired) electrons. The zero-order valence-corrected chi connectivity index (χ0v) is 9.41. The number of nitrogens with zero attached hydrogens (tertiary/aromatic N) is 2. The van der Waals surface area contributed by atoms with Gasteiger partial charge in [0.1, 0.15) is 5.82 Å². The standard InChI is InChI=1S/C12H17N3O/c1-2-9(6-13-4-1)12-14-7-10-8-16-5-3-11(10)15-12/h7,9,13H,1-6,8H2. The summed E-state index contributed by atoms with van der Waals surface area (Å²) in [4.78, 5) is 9.19. The number of hydrogen-bond acceptors (Lipinski definition) is 4. The Labute approximate surface area is 95.4 Å². The fourth-order valence-electron chi connectivity index (χ4n) is 2.41. The molecule has 2 aliphatic heterocycles. The van der Waals surface area contributed by atoms with Crippen LogP contribution in [0, 0.1) is 0 Å². The van der Waals surface area contributed by atoms with Crippen LogP contribution < -0.4 is 5.32 Å². The van der Waals surface area contributed by atoms with Gasteiger partial charge in [-0.1, -0.05) is 0 Å². The van der Waals surface area contributed by atoms with Gasteiger partial charge in [-0.05, 0) is 19.4 Å². The summed E-state index contributed by atoms with van der Waals surface area (Å²) in [5.41, 5.74) is 2.36. The van der Waals surface area contributed by atoms with E-state index in [1.54, 1.807) is 0 Å². The molecule has 1 saturated heterocycles. The molecule has 0 amide bonds. The van der Waals surface area contributed by atoms with Crippen LogP contribution in [-0.2, 0) is 17.8 Å². The topological polar surface area (TPSA) is 47.0 Å². The molecular weight excluding hydrogens is 202 g/mol. The second-order valence-corrected chi connectivity index (χ2v) is 4.55. The summed E-state index contributed by atoms with van der Waals surface area (Å²) in [5.74, 6) is 1.52. The molecule has 1 atom stereocenters. The minimum absolute atomic E-state index is 0.502. The zero-order chi connectivity index (χ0) is 10.8. The first-order valence-corrected chi connectivity index (χ1v) is 6.06. The van der Waals surface area contributed by atoms with Gasteiger partial charge in [-0.15, -0.1) is 0 Å². The Morgan fingerprint density at radius 1 is 1.44 bits per heavy atom. The highest BCUT2D eigenvalue weighted by Crippen LogP contribution is 2.22. The molecule has 4 heteroatoms. The van der Waals surface area contributed by atoms with Crippen molar-refractivity contribution in [2.24, 2.45) is 0 Å². The molecule has 4 nitrogen and oxygen atoms in total. The van der Waals surface area contributed by atoms with Gasteiger partial charge in [0, 0.05) is 30.6 Å². The minimum Gasteiger partial charge on any atom is -0.376 e. The van der Waals surface area contributed by atoms with Crippen molar-refractivity contribution < 1.29 is 4.74 Å². The number of hydrogen-bond donors (Lipinski definition) is 1. The molecule has 1 aromatic rings. The van der Waals surface area contributed by atoms with Crippen molar-refractivity contribution >= 4 is 0 Å². The van der Waals surface area contributed by atoms with Gasteiger partial charge in [-0.3, -0.25) is 0 Å². The van der Waals surface area contributed by atoms with E-state index in [1.165, 1.54) is 24.1 Å². The van der Waals surface area contributed by atoms with E-state index in [-0.39, 0.29) is 0 Å². The maximum Gasteiger partial charge on any atom is 0.132 e. The maximum atomic E-state index is 5.39. The molecule has 1 fully saturated rings. The van der Waals surface area contributed by atoms with Crippen molar-refractivity contribution in [3.63, 3.8) is 0 Å². The molecule has 2 aliphatic rings. The number of nitrogens with one attached hydrogen (secondary N) is 1. The van der Waals surface area contributed by atoms with E-state index in [1.807, 2.05) is 6.20 Å². The normalized spacial score (nSPS) is 25.1. The van der Waals surface area contributed by atoms with Gasteiger partial charge >= 0.3 is 0 Å². The summed E-state index contributed by atoms with van der Waals surface area (Å²) < 4.78 is 5.39. The summed E-state index contributed by atoms with van der Waals surface area (Å²) in [6, 6.07) is 0. The summed E-state index contributed by atoms with van der Waals surface area (Å²) in [6.45, 7) is 3.63. The van der Waals surface area contributed by atoms with Gasteiger partial charge in [0.25, 0.3) is 0 Å². The van der Waals surface area contributed by atoms with Gasteiger partial charge in [0.05, 0.1) is 18.9 Å². The fourth-order valence-corrected chi connectivity index (χ4v) is 2.41. The molecule has 0 spiro atoms. The van der Waals surface area contributed by atoms with Gasteiger partial charge in [-0.2, -0.15) is 0 Å². The quantitative estimate of drug-likeness (QED) is 0.766. The molecule has 16 heavy (non-hydrogen) atoms. The molecular formula is C12H17N3O. The third-order valence-corrected chi connectivity index (χ3v) is 3.38. The second kappa shape index (κ2) is 4.47. The first-order chi connectivity index (χ1) is 7.93. The molecule has 0 bridgehead atoms. The van der Waals surface area contributed by atoms with Crippen LogP contribution in [0.5, 0.6) is 0 Å². The van der Waals surface area contributed by atoms with Crippen molar-refractivity contribution in [3.8, 4) is 0 Å². The average Bonchev–Trinajstić information content (AvgIpc) is 2.39. The van der Waals surface area contributed by atoms with Crippen LogP contribution in [0.4, 0.5) is 0 Å². The summed E-state index contributed by atoms with van der Waals surface area (Å²) in [5, 5.41) is 3.41. The lowest BCUT2D eigenvalue weighted by molar-refractivity contribution is 0.108.